The molecule has 1 atom stereocenters. The average molecular weight is 685 g/mol. The van der Waals surface area contributed by atoms with Crippen molar-refractivity contribution in [3.05, 3.63) is 101 Å². The summed E-state index contributed by atoms with van der Waals surface area (Å²) in [5.74, 6) is -0.0744. The molecule has 1 saturated heterocycles. The van der Waals surface area contributed by atoms with Gasteiger partial charge in [-0.2, -0.15) is 0 Å². The van der Waals surface area contributed by atoms with Crippen molar-refractivity contribution in [1.82, 2.24) is 20.1 Å². The van der Waals surface area contributed by atoms with E-state index in [1.165, 1.54) is 11.3 Å². The molecule has 1 aromatic heterocycles. The van der Waals surface area contributed by atoms with Crippen molar-refractivity contribution in [2.75, 3.05) is 77.0 Å². The second-order valence-corrected chi connectivity index (χ2v) is 12.7. The molecular formula is C37H44N6O5S. The Bertz CT molecular complexity index is 1630. The fourth-order valence-electron chi connectivity index (χ4n) is 5.88. The number of aldehydes is 1. The molecule has 0 aliphatic carbocycles. The van der Waals surface area contributed by atoms with Crippen LogP contribution in [0.4, 0.5) is 10.8 Å². The van der Waals surface area contributed by atoms with E-state index >= 15 is 0 Å². The van der Waals surface area contributed by atoms with Crippen LogP contribution in [-0.2, 0) is 25.6 Å². The minimum absolute atomic E-state index is 0.112. The highest BCUT2D eigenvalue weighted by atomic mass is 32.1. The first-order valence-electron chi connectivity index (χ1n) is 16.4. The number of nitrogens with zero attached hydrogens (tertiary/aromatic N) is 4. The number of carbonyl (C=O) groups is 3. The molecule has 12 heteroatoms. The zero-order valence-electron chi connectivity index (χ0n) is 28.0. The van der Waals surface area contributed by atoms with Gasteiger partial charge in [-0.25, -0.2) is 4.98 Å². The van der Waals surface area contributed by atoms with E-state index < -0.39 is 6.04 Å². The van der Waals surface area contributed by atoms with E-state index in [1.807, 2.05) is 77.8 Å². The number of aromatic nitrogens is 1. The topological polar surface area (TPSA) is 116 Å². The fraction of sp³-hybridized carbons (Fsp3) is 0.351. The van der Waals surface area contributed by atoms with Crippen molar-refractivity contribution in [2.45, 2.75) is 19.0 Å². The minimum atomic E-state index is -0.579. The van der Waals surface area contributed by atoms with Crippen LogP contribution < -0.4 is 15.5 Å². The highest BCUT2D eigenvalue weighted by Gasteiger charge is 2.27. The largest absolute Gasteiger partial charge is 0.379 e. The predicted octanol–water partition coefficient (Wildman–Crippen LogP) is 4.68. The molecule has 5 rings (SSSR count). The van der Waals surface area contributed by atoms with E-state index in [1.54, 1.807) is 6.20 Å². The van der Waals surface area contributed by atoms with Crippen LogP contribution in [0.3, 0.4) is 0 Å². The lowest BCUT2D eigenvalue weighted by Crippen LogP contribution is -2.49. The molecule has 258 valence electrons. The summed E-state index contributed by atoms with van der Waals surface area (Å²) in [6.45, 7) is 5.10. The number of hydrogen-bond acceptors (Lipinski definition) is 10. The second kappa shape index (κ2) is 18.3. The van der Waals surface area contributed by atoms with E-state index in [4.69, 9.17) is 9.47 Å². The number of amides is 2. The van der Waals surface area contributed by atoms with Crippen LogP contribution in [0, 0.1) is 0 Å². The predicted molar refractivity (Wildman–Crippen MR) is 193 cm³/mol. The Morgan fingerprint density at radius 2 is 1.69 bits per heavy atom. The summed E-state index contributed by atoms with van der Waals surface area (Å²) in [4.78, 5) is 48.7. The Hall–Kier alpha value is -4.46. The first-order chi connectivity index (χ1) is 24.0. The zero-order valence-corrected chi connectivity index (χ0v) is 28.9. The standard InChI is InChI=1S/C37H44N6O5S/c1-38-27-48-22-21-47-20-14-34(45)43-18-16-42(17-19-43)33-12-10-28(11-13-33)30-8-9-31(32(24-30)26-44)25-41(2)35(29-6-4-3-5-7-29)36(46)40-37-39-15-23-49-37/h3-13,15,23-24,26,35,38H,14,16-22,25,27H2,1-2H3,(H,39,40,46). The molecule has 0 saturated carbocycles. The monoisotopic (exact) mass is 684 g/mol. The van der Waals surface area contributed by atoms with Gasteiger partial charge in [-0.05, 0) is 54.5 Å². The van der Waals surface area contributed by atoms with Crippen molar-refractivity contribution in [2.24, 2.45) is 0 Å². The van der Waals surface area contributed by atoms with Crippen molar-refractivity contribution in [1.29, 1.82) is 0 Å². The molecule has 0 bridgehead atoms. The fourth-order valence-corrected chi connectivity index (χ4v) is 6.41. The highest BCUT2D eigenvalue weighted by molar-refractivity contribution is 7.13. The second-order valence-electron chi connectivity index (χ2n) is 11.8. The maximum Gasteiger partial charge on any atom is 0.248 e. The summed E-state index contributed by atoms with van der Waals surface area (Å²) in [6, 6.07) is 23.2. The molecule has 0 spiro atoms. The minimum Gasteiger partial charge on any atom is -0.379 e. The molecule has 49 heavy (non-hydrogen) atoms. The third kappa shape index (κ3) is 10.0. The van der Waals surface area contributed by atoms with Crippen molar-refractivity contribution in [3.8, 4) is 11.1 Å². The summed E-state index contributed by atoms with van der Waals surface area (Å²) in [7, 11) is 3.70. The van der Waals surface area contributed by atoms with Crippen LogP contribution >= 0.6 is 11.3 Å². The summed E-state index contributed by atoms with van der Waals surface area (Å²) in [5, 5.41) is 8.19. The smallest absolute Gasteiger partial charge is 0.248 e. The van der Waals surface area contributed by atoms with Crippen LogP contribution in [0.5, 0.6) is 0 Å². The number of thiazole rings is 1. The molecule has 3 aromatic carbocycles. The van der Waals surface area contributed by atoms with Gasteiger partial charge < -0.3 is 24.6 Å². The summed E-state index contributed by atoms with van der Waals surface area (Å²) >= 11 is 1.37. The van der Waals surface area contributed by atoms with Gasteiger partial charge in [-0.15, -0.1) is 11.3 Å². The van der Waals surface area contributed by atoms with Gasteiger partial charge in [0.25, 0.3) is 0 Å². The van der Waals surface area contributed by atoms with E-state index in [2.05, 4.69) is 44.8 Å². The van der Waals surface area contributed by atoms with Crippen molar-refractivity contribution in [3.63, 3.8) is 0 Å². The Morgan fingerprint density at radius 1 is 0.959 bits per heavy atom. The number of ether oxygens (including phenoxy) is 2. The quantitative estimate of drug-likeness (QED) is 0.0929. The van der Waals surface area contributed by atoms with Gasteiger partial charge in [0.05, 0.1) is 33.0 Å². The Labute approximate surface area is 291 Å². The number of nitrogens with one attached hydrogen (secondary N) is 2. The number of anilines is 2. The van der Waals surface area contributed by atoms with Crippen LogP contribution in [-0.4, -0.2) is 99.7 Å². The lowest BCUT2D eigenvalue weighted by Gasteiger charge is -2.36. The van der Waals surface area contributed by atoms with Crippen LogP contribution in [0.25, 0.3) is 11.1 Å². The van der Waals surface area contributed by atoms with E-state index in [0.29, 0.717) is 63.3 Å². The van der Waals surface area contributed by atoms with Gasteiger partial charge in [0.2, 0.25) is 11.8 Å². The number of carbonyl (C=O) groups excluding carboxylic acids is 3. The summed E-state index contributed by atoms with van der Waals surface area (Å²) in [6.07, 6.45) is 2.90. The van der Waals surface area contributed by atoms with Crippen LogP contribution in [0.1, 0.15) is 33.9 Å². The molecule has 2 N–H and O–H groups in total. The number of benzene rings is 3. The number of rotatable bonds is 17. The zero-order chi connectivity index (χ0) is 34.4. The molecule has 1 aliphatic heterocycles. The summed E-state index contributed by atoms with van der Waals surface area (Å²) < 4.78 is 10.8. The van der Waals surface area contributed by atoms with E-state index in [9.17, 15) is 14.4 Å². The molecule has 2 heterocycles. The molecular weight excluding hydrogens is 641 g/mol. The third-order valence-electron chi connectivity index (χ3n) is 8.44. The Kier molecular flexibility index (Phi) is 13.4. The first kappa shape index (κ1) is 35.8. The SMILES string of the molecule is CNCOCCOCCC(=O)N1CCN(c2ccc(-c3ccc(CN(C)C(C(=O)Nc4nccs4)c4ccccc4)c(C=O)c3)cc2)CC1. The third-order valence-corrected chi connectivity index (χ3v) is 9.12. The molecule has 0 radical (unpaired) electrons. The van der Waals surface area contributed by atoms with E-state index in [0.717, 1.165) is 47.3 Å². The van der Waals surface area contributed by atoms with Crippen molar-refractivity contribution < 1.29 is 23.9 Å². The number of piperazine rings is 1. The van der Waals surface area contributed by atoms with Gasteiger partial charge in [-0.3, -0.25) is 24.6 Å². The molecule has 11 nitrogen and oxygen atoms in total. The van der Waals surface area contributed by atoms with Gasteiger partial charge in [-0.1, -0.05) is 54.6 Å². The van der Waals surface area contributed by atoms with Gasteiger partial charge in [0.15, 0.2) is 5.13 Å². The Balaban J connectivity index is 1.17. The lowest BCUT2D eigenvalue weighted by atomic mass is 9.98. The first-order valence-corrected chi connectivity index (χ1v) is 17.3. The van der Waals surface area contributed by atoms with Gasteiger partial charge >= 0.3 is 0 Å². The van der Waals surface area contributed by atoms with Gasteiger partial charge in [0.1, 0.15) is 12.3 Å². The average Bonchev–Trinajstić information content (AvgIpc) is 3.65. The number of hydrogen-bond donors (Lipinski definition) is 2. The molecule has 1 fully saturated rings. The van der Waals surface area contributed by atoms with Crippen LogP contribution in [0.2, 0.25) is 0 Å². The van der Waals surface area contributed by atoms with Crippen molar-refractivity contribution >= 4 is 40.3 Å². The normalized spacial score (nSPS) is 13.8. The number of likely N-dealkylation sites (N-methyl/N-ethyl adjacent to an activating group) is 1. The molecule has 2 amide bonds. The molecule has 1 aliphatic rings. The maximum absolute atomic E-state index is 13.4. The highest BCUT2D eigenvalue weighted by Crippen LogP contribution is 2.29. The van der Waals surface area contributed by atoms with Crippen LogP contribution in [0.15, 0.2) is 84.4 Å². The van der Waals surface area contributed by atoms with Gasteiger partial charge in [0, 0.05) is 55.6 Å². The Morgan fingerprint density at radius 3 is 2.39 bits per heavy atom. The lowest BCUT2D eigenvalue weighted by molar-refractivity contribution is -0.132. The van der Waals surface area contributed by atoms with E-state index in [-0.39, 0.29) is 11.8 Å². The summed E-state index contributed by atoms with van der Waals surface area (Å²) in [5.41, 5.74) is 5.29. The molecule has 1 unspecified atom stereocenters. The maximum atomic E-state index is 13.4. The molecule has 4 aromatic rings.